The van der Waals surface area contributed by atoms with Crippen LogP contribution < -0.4 is 5.32 Å². The quantitative estimate of drug-likeness (QED) is 0.873. The van der Waals surface area contributed by atoms with Crippen molar-refractivity contribution in [1.29, 1.82) is 0 Å². The molecule has 1 aliphatic carbocycles. The van der Waals surface area contributed by atoms with Gasteiger partial charge in [-0.2, -0.15) is 0 Å². The molecule has 0 spiro atoms. The molecular formula is C13H16ClNO3S. The summed E-state index contributed by atoms with van der Waals surface area (Å²) in [4.78, 5) is 12.1. The zero-order chi connectivity index (χ0) is 14.3. The van der Waals surface area contributed by atoms with Crippen molar-refractivity contribution < 1.29 is 13.2 Å². The van der Waals surface area contributed by atoms with Crippen molar-refractivity contribution >= 4 is 25.6 Å². The monoisotopic (exact) mass is 301 g/mol. The van der Waals surface area contributed by atoms with Crippen LogP contribution in [0.5, 0.6) is 0 Å². The average molecular weight is 302 g/mol. The lowest BCUT2D eigenvalue weighted by molar-refractivity contribution is 0.0850. The maximum atomic E-state index is 12.1. The molecule has 0 aliphatic heterocycles. The van der Waals surface area contributed by atoms with Gasteiger partial charge in [-0.05, 0) is 50.8 Å². The normalized spacial score (nSPS) is 17.6. The highest BCUT2D eigenvalue weighted by molar-refractivity contribution is 8.13. The molecule has 2 rings (SSSR count). The molecule has 0 bridgehead atoms. The van der Waals surface area contributed by atoms with E-state index in [1.807, 2.05) is 6.92 Å². The molecule has 0 radical (unpaired) electrons. The second-order valence-electron chi connectivity index (χ2n) is 5.29. The number of halogens is 1. The maximum Gasteiger partial charge on any atom is 0.261 e. The molecule has 1 aromatic carbocycles. The smallest absolute Gasteiger partial charge is 0.261 e. The van der Waals surface area contributed by atoms with E-state index in [1.165, 1.54) is 6.07 Å². The molecule has 0 aromatic heterocycles. The van der Waals surface area contributed by atoms with Gasteiger partial charge in [0, 0.05) is 21.8 Å². The number of carbonyl (C=O) groups is 1. The van der Waals surface area contributed by atoms with E-state index in [0.717, 1.165) is 19.3 Å². The molecule has 1 amide bonds. The summed E-state index contributed by atoms with van der Waals surface area (Å²) >= 11 is 0. The number of carbonyl (C=O) groups excluding carboxylic acids is 1. The van der Waals surface area contributed by atoms with Crippen LogP contribution in [0, 0.1) is 6.92 Å². The molecule has 19 heavy (non-hydrogen) atoms. The lowest BCUT2D eigenvalue weighted by Crippen LogP contribution is -2.50. The van der Waals surface area contributed by atoms with Crippen molar-refractivity contribution in [2.75, 3.05) is 0 Å². The Bertz CT molecular complexity index is 621. The fourth-order valence-electron chi connectivity index (χ4n) is 2.18. The highest BCUT2D eigenvalue weighted by Crippen LogP contribution is 2.31. The van der Waals surface area contributed by atoms with Crippen molar-refractivity contribution in [2.24, 2.45) is 0 Å². The number of hydrogen-bond donors (Lipinski definition) is 1. The fourth-order valence-corrected chi connectivity index (χ4v) is 3.40. The molecule has 0 saturated heterocycles. The van der Waals surface area contributed by atoms with E-state index in [-0.39, 0.29) is 16.3 Å². The number of benzene rings is 1. The van der Waals surface area contributed by atoms with Crippen LogP contribution in [-0.4, -0.2) is 19.9 Å². The number of nitrogens with one attached hydrogen (secondary N) is 1. The fraction of sp³-hybridized carbons (Fsp3) is 0.462. The van der Waals surface area contributed by atoms with Gasteiger partial charge in [-0.1, -0.05) is 6.07 Å². The van der Waals surface area contributed by atoms with Crippen LogP contribution in [0.15, 0.2) is 23.1 Å². The predicted octanol–water partition coefficient (Wildman–Crippen LogP) is 2.59. The SMILES string of the molecule is Cc1ccc(C(=O)NC2(C)CCC2)cc1S(=O)(=O)Cl. The van der Waals surface area contributed by atoms with E-state index in [1.54, 1.807) is 19.1 Å². The third-order valence-corrected chi connectivity index (χ3v) is 5.05. The lowest BCUT2D eigenvalue weighted by Gasteiger charge is -2.39. The first kappa shape index (κ1) is 14.3. The van der Waals surface area contributed by atoms with Crippen LogP contribution >= 0.6 is 10.7 Å². The molecular weight excluding hydrogens is 286 g/mol. The first-order valence-corrected chi connectivity index (χ1v) is 8.40. The minimum absolute atomic E-state index is 0.0134. The van der Waals surface area contributed by atoms with Crippen molar-refractivity contribution in [1.82, 2.24) is 5.32 Å². The molecule has 1 aliphatic rings. The molecule has 0 unspecified atom stereocenters. The molecule has 4 nitrogen and oxygen atoms in total. The van der Waals surface area contributed by atoms with Crippen LogP contribution in [0.2, 0.25) is 0 Å². The molecule has 6 heteroatoms. The number of hydrogen-bond acceptors (Lipinski definition) is 3. The second-order valence-corrected chi connectivity index (χ2v) is 7.82. The van der Waals surface area contributed by atoms with Crippen molar-refractivity contribution in [2.45, 2.75) is 43.5 Å². The molecule has 1 aromatic rings. The highest BCUT2D eigenvalue weighted by Gasteiger charge is 2.33. The maximum absolute atomic E-state index is 12.1. The average Bonchev–Trinajstić information content (AvgIpc) is 2.25. The molecule has 0 atom stereocenters. The van der Waals surface area contributed by atoms with Gasteiger partial charge in [-0.25, -0.2) is 8.42 Å². The summed E-state index contributed by atoms with van der Waals surface area (Å²) < 4.78 is 22.8. The van der Waals surface area contributed by atoms with Crippen LogP contribution in [0.4, 0.5) is 0 Å². The topological polar surface area (TPSA) is 63.2 Å². The predicted molar refractivity (Wildman–Crippen MR) is 73.9 cm³/mol. The van der Waals surface area contributed by atoms with Gasteiger partial charge in [-0.3, -0.25) is 4.79 Å². The summed E-state index contributed by atoms with van der Waals surface area (Å²) in [5.41, 5.74) is 0.682. The lowest BCUT2D eigenvalue weighted by atomic mass is 9.78. The van der Waals surface area contributed by atoms with Crippen LogP contribution in [0.3, 0.4) is 0 Å². The number of aryl methyl sites for hydroxylation is 1. The molecule has 104 valence electrons. The Labute approximate surface area is 117 Å². The van der Waals surface area contributed by atoms with Gasteiger partial charge in [0.1, 0.15) is 0 Å². The van der Waals surface area contributed by atoms with Crippen LogP contribution in [-0.2, 0) is 9.05 Å². The van der Waals surface area contributed by atoms with Gasteiger partial charge in [0.15, 0.2) is 0 Å². The number of amides is 1. The largest absolute Gasteiger partial charge is 0.347 e. The van der Waals surface area contributed by atoms with Crippen LogP contribution in [0.1, 0.15) is 42.1 Å². The van der Waals surface area contributed by atoms with Crippen LogP contribution in [0.25, 0.3) is 0 Å². The standard InChI is InChI=1S/C13H16ClNO3S/c1-9-4-5-10(8-11(9)19(14,17)18)12(16)15-13(2)6-3-7-13/h4-5,8H,3,6-7H2,1-2H3,(H,15,16). The summed E-state index contributed by atoms with van der Waals surface area (Å²) in [5, 5.41) is 2.93. The van der Waals surface area contributed by atoms with E-state index >= 15 is 0 Å². The summed E-state index contributed by atoms with van der Waals surface area (Å²) in [5.74, 6) is -0.260. The Morgan fingerprint density at radius 3 is 2.47 bits per heavy atom. The molecule has 1 fully saturated rings. The van der Waals surface area contributed by atoms with Crippen molar-refractivity contribution in [3.8, 4) is 0 Å². The highest BCUT2D eigenvalue weighted by atomic mass is 35.7. The van der Waals surface area contributed by atoms with Crippen molar-refractivity contribution in [3.05, 3.63) is 29.3 Å². The van der Waals surface area contributed by atoms with Gasteiger partial charge in [-0.15, -0.1) is 0 Å². The minimum Gasteiger partial charge on any atom is -0.347 e. The van der Waals surface area contributed by atoms with Gasteiger partial charge in [0.05, 0.1) is 4.90 Å². The summed E-state index contributed by atoms with van der Waals surface area (Å²) in [6.45, 7) is 3.63. The summed E-state index contributed by atoms with van der Waals surface area (Å²) in [6, 6.07) is 4.53. The first-order chi connectivity index (χ1) is 8.71. The van der Waals surface area contributed by atoms with Crippen molar-refractivity contribution in [3.63, 3.8) is 0 Å². The Hall–Kier alpha value is -1.07. The summed E-state index contributed by atoms with van der Waals surface area (Å²) in [6.07, 6.45) is 3.00. The Morgan fingerprint density at radius 2 is 2.00 bits per heavy atom. The van der Waals surface area contributed by atoms with E-state index in [9.17, 15) is 13.2 Å². The third kappa shape index (κ3) is 3.09. The second kappa shape index (κ2) is 4.80. The van der Waals surface area contributed by atoms with Gasteiger partial charge in [0.2, 0.25) is 0 Å². The molecule has 1 N–H and O–H groups in total. The van der Waals surface area contributed by atoms with E-state index in [4.69, 9.17) is 10.7 Å². The Balaban J connectivity index is 2.28. The minimum atomic E-state index is -3.83. The van der Waals surface area contributed by atoms with E-state index < -0.39 is 9.05 Å². The van der Waals surface area contributed by atoms with E-state index in [0.29, 0.717) is 11.1 Å². The first-order valence-electron chi connectivity index (χ1n) is 6.09. The zero-order valence-corrected chi connectivity index (χ0v) is 12.4. The third-order valence-electron chi connectivity index (χ3n) is 3.59. The van der Waals surface area contributed by atoms with Gasteiger partial charge < -0.3 is 5.32 Å². The van der Waals surface area contributed by atoms with Gasteiger partial charge in [0.25, 0.3) is 15.0 Å². The Morgan fingerprint density at radius 1 is 1.37 bits per heavy atom. The van der Waals surface area contributed by atoms with E-state index in [2.05, 4.69) is 5.32 Å². The summed E-state index contributed by atoms with van der Waals surface area (Å²) in [7, 11) is 1.52. The Kier molecular flexibility index (Phi) is 3.62. The number of rotatable bonds is 3. The zero-order valence-electron chi connectivity index (χ0n) is 10.9. The molecule has 0 heterocycles. The molecule has 1 saturated carbocycles. The van der Waals surface area contributed by atoms with Gasteiger partial charge >= 0.3 is 0 Å².